The van der Waals surface area contributed by atoms with Gasteiger partial charge in [-0.1, -0.05) is 29.4 Å². The number of nitrogens with zero attached hydrogens (tertiary/aromatic N) is 3. The van der Waals surface area contributed by atoms with Crippen molar-refractivity contribution in [2.75, 3.05) is 6.54 Å². The lowest BCUT2D eigenvalue weighted by Crippen LogP contribution is -2.29. The fraction of sp³-hybridized carbons (Fsp3) is 0.200. The van der Waals surface area contributed by atoms with Crippen molar-refractivity contribution < 1.29 is 19.4 Å². The summed E-state index contributed by atoms with van der Waals surface area (Å²) >= 11 is 0. The third-order valence-corrected chi connectivity index (χ3v) is 1.85. The van der Waals surface area contributed by atoms with Gasteiger partial charge in [0.15, 0.2) is 0 Å². The van der Waals surface area contributed by atoms with E-state index < -0.39 is 18.6 Å². The minimum absolute atomic E-state index is 0.00198. The summed E-state index contributed by atoms with van der Waals surface area (Å²) in [6.45, 7) is -0.489. The van der Waals surface area contributed by atoms with Gasteiger partial charge in [-0.25, -0.2) is 4.79 Å². The minimum Gasteiger partial charge on any atom is -0.480 e. The summed E-state index contributed by atoms with van der Waals surface area (Å²) in [6, 6.07) is 6.42. The number of benzene rings is 1. The van der Waals surface area contributed by atoms with E-state index in [-0.39, 0.29) is 6.61 Å². The number of carbonyl (C=O) groups is 2. The van der Waals surface area contributed by atoms with E-state index >= 15 is 0 Å². The molecule has 18 heavy (non-hydrogen) atoms. The van der Waals surface area contributed by atoms with Crippen LogP contribution in [0.15, 0.2) is 29.4 Å². The number of rotatable bonds is 5. The topological polar surface area (TPSA) is 124 Å². The standard InChI is InChI=1S/C10H10N4O4/c11-14-13-8-3-1-7(2-4-8)6-18-10(17)12-5-9(15)16/h1-4H,5-6H2,(H,12,17)(H,15,16). The molecule has 0 aliphatic carbocycles. The fourth-order valence-electron chi connectivity index (χ4n) is 1.06. The second-order valence-corrected chi connectivity index (χ2v) is 3.18. The van der Waals surface area contributed by atoms with Gasteiger partial charge in [-0.05, 0) is 11.1 Å². The van der Waals surface area contributed by atoms with Crippen molar-refractivity contribution in [1.82, 2.24) is 5.32 Å². The van der Waals surface area contributed by atoms with Gasteiger partial charge >= 0.3 is 12.1 Å². The molecular formula is C10H10N4O4. The number of aliphatic carboxylic acids is 1. The quantitative estimate of drug-likeness (QED) is 0.470. The molecule has 2 N–H and O–H groups in total. The normalized spacial score (nSPS) is 9.11. The molecule has 0 atom stereocenters. The Morgan fingerprint density at radius 2 is 2.06 bits per heavy atom. The molecule has 94 valence electrons. The van der Waals surface area contributed by atoms with Gasteiger partial charge < -0.3 is 15.2 Å². The van der Waals surface area contributed by atoms with Gasteiger partial charge in [0.1, 0.15) is 13.2 Å². The molecule has 0 unspecified atom stereocenters. The zero-order valence-electron chi connectivity index (χ0n) is 9.24. The van der Waals surface area contributed by atoms with Gasteiger partial charge in [-0.2, -0.15) is 0 Å². The summed E-state index contributed by atoms with van der Waals surface area (Å²) in [5.41, 5.74) is 9.35. The molecule has 0 aliphatic heterocycles. The number of carboxylic acids is 1. The summed E-state index contributed by atoms with van der Waals surface area (Å²) < 4.78 is 4.76. The molecule has 8 heteroatoms. The molecular weight excluding hydrogens is 240 g/mol. The summed E-state index contributed by atoms with van der Waals surface area (Å²) in [5.74, 6) is -1.15. The van der Waals surface area contributed by atoms with Gasteiger partial charge in [-0.15, -0.1) is 0 Å². The van der Waals surface area contributed by atoms with Crippen LogP contribution in [0.25, 0.3) is 10.4 Å². The van der Waals surface area contributed by atoms with Crippen molar-refractivity contribution in [3.63, 3.8) is 0 Å². The Balaban J connectivity index is 2.41. The maximum atomic E-state index is 11.0. The molecule has 0 aliphatic rings. The highest BCUT2D eigenvalue weighted by Crippen LogP contribution is 2.13. The van der Waals surface area contributed by atoms with Gasteiger partial charge in [0.25, 0.3) is 0 Å². The molecule has 8 nitrogen and oxygen atoms in total. The Bertz CT molecular complexity index is 479. The first-order valence-corrected chi connectivity index (χ1v) is 4.88. The highest BCUT2D eigenvalue weighted by molar-refractivity contribution is 5.76. The largest absolute Gasteiger partial charge is 0.480 e. The van der Waals surface area contributed by atoms with Crippen LogP contribution in [-0.4, -0.2) is 23.7 Å². The van der Waals surface area contributed by atoms with E-state index in [9.17, 15) is 9.59 Å². The number of nitrogens with one attached hydrogen (secondary N) is 1. The smallest absolute Gasteiger partial charge is 0.407 e. The van der Waals surface area contributed by atoms with Crippen LogP contribution in [0.5, 0.6) is 0 Å². The number of azide groups is 1. The van der Waals surface area contributed by atoms with Gasteiger partial charge in [-0.3, -0.25) is 4.79 Å². The predicted octanol–water partition coefficient (Wildman–Crippen LogP) is 1.94. The summed E-state index contributed by atoms with van der Waals surface area (Å²) in [5, 5.41) is 13.8. The van der Waals surface area contributed by atoms with Gasteiger partial charge in [0.2, 0.25) is 0 Å². The van der Waals surface area contributed by atoms with Crippen molar-refractivity contribution in [2.24, 2.45) is 5.11 Å². The van der Waals surface area contributed by atoms with Crippen LogP contribution < -0.4 is 5.32 Å². The Hall–Kier alpha value is -2.73. The second kappa shape index (κ2) is 6.77. The van der Waals surface area contributed by atoms with Crippen LogP contribution in [0.4, 0.5) is 10.5 Å². The number of hydrogen-bond acceptors (Lipinski definition) is 4. The summed E-state index contributed by atoms with van der Waals surface area (Å²) in [4.78, 5) is 23.8. The van der Waals surface area contributed by atoms with Crippen LogP contribution in [-0.2, 0) is 16.1 Å². The van der Waals surface area contributed by atoms with Crippen LogP contribution in [0.2, 0.25) is 0 Å². The molecule has 1 aromatic carbocycles. The third kappa shape index (κ3) is 4.86. The van der Waals surface area contributed by atoms with Gasteiger partial charge in [0, 0.05) is 10.6 Å². The molecule has 0 aromatic heterocycles. The Morgan fingerprint density at radius 3 is 2.61 bits per heavy atom. The molecule has 0 spiro atoms. The van der Waals surface area contributed by atoms with E-state index in [0.29, 0.717) is 11.3 Å². The van der Waals surface area contributed by atoms with Crippen molar-refractivity contribution >= 4 is 17.7 Å². The number of amides is 1. The number of hydrogen-bond donors (Lipinski definition) is 2. The first-order chi connectivity index (χ1) is 8.61. The van der Waals surface area contributed by atoms with E-state index in [2.05, 4.69) is 15.3 Å². The monoisotopic (exact) mass is 250 g/mol. The maximum Gasteiger partial charge on any atom is 0.407 e. The van der Waals surface area contributed by atoms with Crippen molar-refractivity contribution in [2.45, 2.75) is 6.61 Å². The van der Waals surface area contributed by atoms with Crippen LogP contribution in [0.1, 0.15) is 5.56 Å². The average molecular weight is 250 g/mol. The lowest BCUT2D eigenvalue weighted by molar-refractivity contribution is -0.135. The highest BCUT2D eigenvalue weighted by atomic mass is 16.5. The SMILES string of the molecule is [N-]=[N+]=Nc1ccc(COC(=O)NCC(=O)O)cc1. The van der Waals surface area contributed by atoms with Crippen molar-refractivity contribution in [3.05, 3.63) is 40.3 Å². The van der Waals surface area contributed by atoms with E-state index in [1.165, 1.54) is 0 Å². The molecule has 1 rings (SSSR count). The average Bonchev–Trinajstić information content (AvgIpc) is 2.36. The molecule has 0 fully saturated rings. The van der Waals surface area contributed by atoms with Crippen LogP contribution in [0, 0.1) is 0 Å². The molecule has 1 aromatic rings. The fourth-order valence-corrected chi connectivity index (χ4v) is 1.06. The Labute approximate surface area is 102 Å². The minimum atomic E-state index is -1.15. The van der Waals surface area contributed by atoms with E-state index in [1.54, 1.807) is 24.3 Å². The van der Waals surface area contributed by atoms with Crippen molar-refractivity contribution in [3.8, 4) is 0 Å². The lowest BCUT2D eigenvalue weighted by atomic mass is 10.2. The summed E-state index contributed by atoms with van der Waals surface area (Å²) in [7, 11) is 0. The predicted molar refractivity (Wildman–Crippen MR) is 61.1 cm³/mol. The number of alkyl carbamates (subject to hydrolysis) is 1. The first kappa shape index (κ1) is 13.3. The highest BCUT2D eigenvalue weighted by Gasteiger charge is 2.04. The first-order valence-electron chi connectivity index (χ1n) is 4.88. The second-order valence-electron chi connectivity index (χ2n) is 3.18. The zero-order valence-corrected chi connectivity index (χ0v) is 9.24. The molecule has 0 heterocycles. The molecule has 1 amide bonds. The molecule has 0 saturated heterocycles. The summed E-state index contributed by atoms with van der Waals surface area (Å²) in [6.07, 6.45) is -0.809. The number of ether oxygens (including phenoxy) is 1. The molecule has 0 saturated carbocycles. The van der Waals surface area contributed by atoms with E-state index in [0.717, 1.165) is 0 Å². The van der Waals surface area contributed by atoms with Gasteiger partial charge in [0.05, 0.1) is 0 Å². The Kier molecular flexibility index (Phi) is 5.01. The third-order valence-electron chi connectivity index (χ3n) is 1.85. The molecule has 0 radical (unpaired) electrons. The number of carbonyl (C=O) groups excluding carboxylic acids is 1. The zero-order chi connectivity index (χ0) is 13.4. The maximum absolute atomic E-state index is 11.0. The van der Waals surface area contributed by atoms with Crippen LogP contribution >= 0.6 is 0 Å². The van der Waals surface area contributed by atoms with Crippen molar-refractivity contribution in [1.29, 1.82) is 0 Å². The van der Waals surface area contributed by atoms with E-state index in [1.807, 2.05) is 0 Å². The molecule has 0 bridgehead atoms. The van der Waals surface area contributed by atoms with Crippen LogP contribution in [0.3, 0.4) is 0 Å². The lowest BCUT2D eigenvalue weighted by Gasteiger charge is -2.05. The number of carboxylic acid groups (broad SMARTS) is 1. The Morgan fingerprint density at radius 1 is 1.39 bits per heavy atom. The van der Waals surface area contributed by atoms with E-state index in [4.69, 9.17) is 15.4 Å².